The van der Waals surface area contributed by atoms with Crippen LogP contribution in [0.3, 0.4) is 0 Å². The Morgan fingerprint density at radius 3 is 2.94 bits per heavy atom. The highest BCUT2D eigenvalue weighted by molar-refractivity contribution is 5.81. The van der Waals surface area contributed by atoms with Crippen LogP contribution in [-0.4, -0.2) is 61.9 Å². The van der Waals surface area contributed by atoms with Crippen LogP contribution >= 0.6 is 0 Å². The molecule has 0 aromatic carbocycles. The second kappa shape index (κ2) is 5.24. The number of carboxylic acids is 1. The van der Waals surface area contributed by atoms with Gasteiger partial charge in [-0.3, -0.25) is 9.59 Å². The summed E-state index contributed by atoms with van der Waals surface area (Å²) < 4.78 is 10.2. The van der Waals surface area contributed by atoms with E-state index in [-0.39, 0.29) is 11.8 Å². The average Bonchev–Trinajstić information content (AvgIpc) is 2.76. The first-order valence-electron chi connectivity index (χ1n) is 6.18. The van der Waals surface area contributed by atoms with Gasteiger partial charge < -0.3 is 19.5 Å². The molecule has 0 spiro atoms. The number of aliphatic carboxylic acids is 1. The van der Waals surface area contributed by atoms with E-state index in [1.807, 2.05) is 0 Å². The molecule has 0 bridgehead atoms. The Morgan fingerprint density at radius 2 is 2.33 bits per heavy atom. The minimum Gasteiger partial charge on any atom is -0.481 e. The molecule has 6 heteroatoms. The van der Waals surface area contributed by atoms with Gasteiger partial charge in [0.15, 0.2) is 0 Å². The number of likely N-dealkylation sites (tertiary alicyclic amines) is 1. The number of rotatable bonds is 4. The van der Waals surface area contributed by atoms with Crippen molar-refractivity contribution in [1.29, 1.82) is 0 Å². The fourth-order valence-corrected chi connectivity index (χ4v) is 2.84. The molecule has 2 aliphatic heterocycles. The highest BCUT2D eigenvalue weighted by Crippen LogP contribution is 2.42. The maximum Gasteiger partial charge on any atom is 0.311 e. The zero-order valence-electron chi connectivity index (χ0n) is 10.6. The molecule has 2 saturated heterocycles. The fourth-order valence-electron chi connectivity index (χ4n) is 2.84. The maximum atomic E-state index is 11.9. The highest BCUT2D eigenvalue weighted by atomic mass is 16.5. The quantitative estimate of drug-likeness (QED) is 0.765. The van der Waals surface area contributed by atoms with Gasteiger partial charge in [0.25, 0.3) is 0 Å². The van der Waals surface area contributed by atoms with Crippen LogP contribution in [0.2, 0.25) is 0 Å². The first kappa shape index (κ1) is 13.3. The monoisotopic (exact) mass is 257 g/mol. The van der Waals surface area contributed by atoms with Crippen LogP contribution in [0.5, 0.6) is 0 Å². The molecule has 2 heterocycles. The summed E-state index contributed by atoms with van der Waals surface area (Å²) in [5.41, 5.74) is -0.805. The lowest BCUT2D eigenvalue weighted by atomic mass is 9.74. The SMILES string of the molecule is COCCC(=O)N1C[C@H]2COCC[C@@]2(C(=O)O)C1. The first-order valence-corrected chi connectivity index (χ1v) is 6.18. The van der Waals surface area contributed by atoms with Crippen LogP contribution < -0.4 is 0 Å². The number of ether oxygens (including phenoxy) is 2. The fraction of sp³-hybridized carbons (Fsp3) is 0.833. The van der Waals surface area contributed by atoms with Crippen molar-refractivity contribution < 1.29 is 24.2 Å². The predicted molar refractivity (Wildman–Crippen MR) is 62.1 cm³/mol. The van der Waals surface area contributed by atoms with Crippen LogP contribution in [0.15, 0.2) is 0 Å². The first-order chi connectivity index (χ1) is 8.60. The van der Waals surface area contributed by atoms with Gasteiger partial charge in [-0.2, -0.15) is 0 Å². The standard InChI is InChI=1S/C12H19NO5/c1-17-4-2-10(14)13-6-9-7-18-5-3-12(9,8-13)11(15)16/h9H,2-8H2,1H3,(H,15,16)/t9-,12+/m0/s1. The number of carbonyl (C=O) groups is 2. The van der Waals surface area contributed by atoms with E-state index in [1.54, 1.807) is 12.0 Å². The van der Waals surface area contributed by atoms with Crippen molar-refractivity contribution in [1.82, 2.24) is 4.90 Å². The Kier molecular flexibility index (Phi) is 3.87. The molecule has 0 unspecified atom stereocenters. The second-order valence-electron chi connectivity index (χ2n) is 5.00. The molecule has 1 amide bonds. The van der Waals surface area contributed by atoms with Gasteiger partial charge in [0.2, 0.25) is 5.91 Å². The molecular formula is C12H19NO5. The van der Waals surface area contributed by atoms with Crippen LogP contribution in [0.1, 0.15) is 12.8 Å². The zero-order chi connectivity index (χ0) is 13.2. The van der Waals surface area contributed by atoms with Gasteiger partial charge in [-0.15, -0.1) is 0 Å². The number of carbonyl (C=O) groups excluding carboxylic acids is 1. The second-order valence-corrected chi connectivity index (χ2v) is 5.00. The van der Waals surface area contributed by atoms with Crippen molar-refractivity contribution in [3.8, 4) is 0 Å². The molecule has 2 atom stereocenters. The average molecular weight is 257 g/mol. The summed E-state index contributed by atoms with van der Waals surface area (Å²) in [6, 6.07) is 0. The normalized spacial score (nSPS) is 31.2. The lowest BCUT2D eigenvalue weighted by molar-refractivity contribution is -0.157. The van der Waals surface area contributed by atoms with Gasteiger partial charge in [0.1, 0.15) is 0 Å². The Balaban J connectivity index is 2.06. The number of hydrogen-bond donors (Lipinski definition) is 1. The molecule has 0 radical (unpaired) electrons. The molecule has 0 saturated carbocycles. The Labute approximate surface area is 106 Å². The molecule has 18 heavy (non-hydrogen) atoms. The van der Waals surface area contributed by atoms with E-state index < -0.39 is 11.4 Å². The molecule has 6 nitrogen and oxygen atoms in total. The molecule has 0 aromatic heterocycles. The molecule has 102 valence electrons. The molecule has 1 N–H and O–H groups in total. The van der Waals surface area contributed by atoms with Crippen molar-refractivity contribution >= 4 is 11.9 Å². The number of fused-ring (bicyclic) bond motifs is 1. The zero-order valence-corrected chi connectivity index (χ0v) is 10.6. The van der Waals surface area contributed by atoms with Crippen LogP contribution in [0.4, 0.5) is 0 Å². The van der Waals surface area contributed by atoms with Gasteiger partial charge >= 0.3 is 5.97 Å². The van der Waals surface area contributed by atoms with E-state index in [0.29, 0.717) is 45.8 Å². The minimum absolute atomic E-state index is 0.0353. The number of carboxylic acid groups (broad SMARTS) is 1. The molecule has 2 fully saturated rings. The van der Waals surface area contributed by atoms with Crippen molar-refractivity contribution in [3.63, 3.8) is 0 Å². The van der Waals surface area contributed by atoms with Crippen LogP contribution in [0.25, 0.3) is 0 Å². The summed E-state index contributed by atoms with van der Waals surface area (Å²) in [4.78, 5) is 25.1. The Hall–Kier alpha value is -1.14. The molecule has 0 aliphatic carbocycles. The third-order valence-electron chi connectivity index (χ3n) is 4.01. The Bertz CT molecular complexity index is 345. The lowest BCUT2D eigenvalue weighted by Crippen LogP contribution is -2.45. The third kappa shape index (κ3) is 2.22. The van der Waals surface area contributed by atoms with Crippen molar-refractivity contribution in [2.45, 2.75) is 12.8 Å². The molecule has 0 aromatic rings. The summed E-state index contributed by atoms with van der Waals surface area (Å²) >= 11 is 0. The highest BCUT2D eigenvalue weighted by Gasteiger charge is 2.54. The van der Waals surface area contributed by atoms with Crippen molar-refractivity contribution in [2.24, 2.45) is 11.3 Å². The van der Waals surface area contributed by atoms with Gasteiger partial charge in [0.05, 0.1) is 25.0 Å². The number of hydrogen-bond acceptors (Lipinski definition) is 4. The summed E-state index contributed by atoms with van der Waals surface area (Å²) in [6.45, 7) is 2.05. The van der Waals surface area contributed by atoms with E-state index in [0.717, 1.165) is 0 Å². The summed E-state index contributed by atoms with van der Waals surface area (Å²) in [7, 11) is 1.55. The van der Waals surface area contributed by atoms with Crippen molar-refractivity contribution in [3.05, 3.63) is 0 Å². The van der Waals surface area contributed by atoms with Gasteiger partial charge in [-0.1, -0.05) is 0 Å². The maximum absolute atomic E-state index is 11.9. The minimum atomic E-state index is -0.808. The van der Waals surface area contributed by atoms with E-state index in [2.05, 4.69) is 0 Å². The van der Waals surface area contributed by atoms with Gasteiger partial charge in [-0.05, 0) is 6.42 Å². The van der Waals surface area contributed by atoms with Crippen molar-refractivity contribution in [2.75, 3.05) is 40.0 Å². The van der Waals surface area contributed by atoms with Crippen LogP contribution in [-0.2, 0) is 19.1 Å². The molecule has 2 aliphatic rings. The van der Waals surface area contributed by atoms with Crippen LogP contribution in [0, 0.1) is 11.3 Å². The van der Waals surface area contributed by atoms with E-state index in [1.165, 1.54) is 0 Å². The number of amides is 1. The topological polar surface area (TPSA) is 76.1 Å². The molecule has 2 rings (SSSR count). The molecular weight excluding hydrogens is 238 g/mol. The largest absolute Gasteiger partial charge is 0.481 e. The van der Waals surface area contributed by atoms with E-state index in [9.17, 15) is 14.7 Å². The van der Waals surface area contributed by atoms with Gasteiger partial charge in [0, 0.05) is 32.7 Å². The third-order valence-corrected chi connectivity index (χ3v) is 4.01. The Morgan fingerprint density at radius 1 is 1.56 bits per heavy atom. The lowest BCUT2D eigenvalue weighted by Gasteiger charge is -2.33. The van der Waals surface area contributed by atoms with E-state index in [4.69, 9.17) is 9.47 Å². The van der Waals surface area contributed by atoms with Gasteiger partial charge in [-0.25, -0.2) is 0 Å². The smallest absolute Gasteiger partial charge is 0.311 e. The predicted octanol–water partition coefficient (Wildman–Crippen LogP) is -0.0274. The number of nitrogens with zero attached hydrogens (tertiary/aromatic N) is 1. The number of methoxy groups -OCH3 is 1. The summed E-state index contributed by atoms with van der Waals surface area (Å²) in [6.07, 6.45) is 0.792. The summed E-state index contributed by atoms with van der Waals surface area (Å²) in [5.74, 6) is -0.931. The summed E-state index contributed by atoms with van der Waals surface area (Å²) in [5, 5.41) is 9.46. The van der Waals surface area contributed by atoms with E-state index >= 15 is 0 Å².